The molecular weight excluding hydrogens is 304 g/mol. The molecule has 0 aromatic heterocycles. The van der Waals surface area contributed by atoms with Crippen LogP contribution in [-0.4, -0.2) is 5.78 Å². The fourth-order valence-electron chi connectivity index (χ4n) is 4.20. The van der Waals surface area contributed by atoms with Crippen molar-refractivity contribution in [3.8, 4) is 0 Å². The highest BCUT2D eigenvalue weighted by Crippen LogP contribution is 2.34. The molecule has 1 fully saturated rings. The fourth-order valence-corrected chi connectivity index (χ4v) is 4.20. The molecule has 0 atom stereocenters. The molecule has 2 rings (SSSR count). The van der Waals surface area contributed by atoms with Crippen LogP contribution in [0, 0.1) is 11.8 Å². The van der Waals surface area contributed by atoms with Gasteiger partial charge in [0, 0.05) is 12.0 Å². The first-order chi connectivity index (χ1) is 12.2. The largest absolute Gasteiger partial charge is 0.294 e. The summed E-state index contributed by atoms with van der Waals surface area (Å²) in [5.41, 5.74) is 2.29. The van der Waals surface area contributed by atoms with Gasteiger partial charge in [-0.25, -0.2) is 0 Å². The summed E-state index contributed by atoms with van der Waals surface area (Å²) in [6.45, 7) is 4.43. The van der Waals surface area contributed by atoms with Gasteiger partial charge in [0.1, 0.15) is 0 Å². The SMILES string of the molecule is CCCCC[C@H]1CC[C@H](CCc2ccc(C(=O)CCCC)cc2)CC1. The van der Waals surface area contributed by atoms with E-state index >= 15 is 0 Å². The Balaban J connectivity index is 1.67. The van der Waals surface area contributed by atoms with E-state index < -0.39 is 0 Å². The lowest BCUT2D eigenvalue weighted by Gasteiger charge is -2.28. The van der Waals surface area contributed by atoms with E-state index in [1.54, 1.807) is 0 Å². The van der Waals surface area contributed by atoms with Gasteiger partial charge in [-0.1, -0.05) is 95.9 Å². The number of aryl methyl sites for hydroxylation is 1. The summed E-state index contributed by atoms with van der Waals surface area (Å²) < 4.78 is 0. The van der Waals surface area contributed by atoms with Crippen LogP contribution in [0.2, 0.25) is 0 Å². The Morgan fingerprint density at radius 3 is 2.04 bits per heavy atom. The molecule has 140 valence electrons. The van der Waals surface area contributed by atoms with Gasteiger partial charge in [-0.3, -0.25) is 4.79 Å². The number of unbranched alkanes of at least 4 members (excludes halogenated alkanes) is 3. The zero-order valence-corrected chi connectivity index (χ0v) is 16.6. The summed E-state index contributed by atoms with van der Waals surface area (Å²) in [6.07, 6.45) is 16.7. The highest BCUT2D eigenvalue weighted by molar-refractivity contribution is 5.96. The van der Waals surface area contributed by atoms with Crippen LogP contribution >= 0.6 is 0 Å². The quantitative estimate of drug-likeness (QED) is 0.303. The third-order valence-electron chi connectivity index (χ3n) is 6.06. The van der Waals surface area contributed by atoms with E-state index in [1.807, 2.05) is 12.1 Å². The minimum Gasteiger partial charge on any atom is -0.294 e. The molecule has 0 unspecified atom stereocenters. The highest BCUT2D eigenvalue weighted by atomic mass is 16.1. The molecule has 0 aliphatic heterocycles. The van der Waals surface area contributed by atoms with E-state index in [0.29, 0.717) is 12.2 Å². The van der Waals surface area contributed by atoms with Crippen LogP contribution in [0.4, 0.5) is 0 Å². The first-order valence-electron chi connectivity index (χ1n) is 10.8. The summed E-state index contributed by atoms with van der Waals surface area (Å²) in [4.78, 5) is 12.0. The monoisotopic (exact) mass is 342 g/mol. The van der Waals surface area contributed by atoms with Crippen molar-refractivity contribution < 1.29 is 4.79 Å². The summed E-state index contributed by atoms with van der Waals surface area (Å²) in [5.74, 6) is 2.24. The summed E-state index contributed by atoms with van der Waals surface area (Å²) in [7, 11) is 0. The highest BCUT2D eigenvalue weighted by Gasteiger charge is 2.20. The van der Waals surface area contributed by atoms with Crippen molar-refractivity contribution in [2.75, 3.05) is 0 Å². The predicted molar refractivity (Wildman–Crippen MR) is 108 cm³/mol. The number of carbonyl (C=O) groups is 1. The minimum atomic E-state index is 0.301. The second kappa shape index (κ2) is 11.5. The zero-order chi connectivity index (χ0) is 17.9. The Morgan fingerprint density at radius 1 is 0.840 bits per heavy atom. The van der Waals surface area contributed by atoms with E-state index in [-0.39, 0.29) is 0 Å². The van der Waals surface area contributed by atoms with Crippen LogP contribution in [0.25, 0.3) is 0 Å². The van der Waals surface area contributed by atoms with Gasteiger partial charge in [0.25, 0.3) is 0 Å². The van der Waals surface area contributed by atoms with Gasteiger partial charge in [0.05, 0.1) is 0 Å². The van der Waals surface area contributed by atoms with Crippen LogP contribution in [0.3, 0.4) is 0 Å². The van der Waals surface area contributed by atoms with Gasteiger partial charge in [-0.05, 0) is 36.7 Å². The van der Waals surface area contributed by atoms with Crippen molar-refractivity contribution in [3.05, 3.63) is 35.4 Å². The molecule has 1 aromatic rings. The maximum Gasteiger partial charge on any atom is 0.162 e. The Labute approximate surface area is 155 Å². The number of hydrogen-bond donors (Lipinski definition) is 0. The van der Waals surface area contributed by atoms with Gasteiger partial charge in [0.2, 0.25) is 0 Å². The molecule has 0 N–H and O–H groups in total. The molecule has 0 amide bonds. The maximum absolute atomic E-state index is 12.0. The Morgan fingerprint density at radius 2 is 1.44 bits per heavy atom. The Bertz CT molecular complexity index is 479. The smallest absolute Gasteiger partial charge is 0.162 e. The van der Waals surface area contributed by atoms with Crippen molar-refractivity contribution in [2.45, 2.75) is 97.3 Å². The lowest BCUT2D eigenvalue weighted by molar-refractivity contribution is 0.0980. The number of rotatable bonds is 11. The average Bonchev–Trinajstić information content (AvgIpc) is 2.66. The van der Waals surface area contributed by atoms with E-state index in [0.717, 1.165) is 30.2 Å². The van der Waals surface area contributed by atoms with Gasteiger partial charge in [-0.2, -0.15) is 0 Å². The molecule has 1 aliphatic rings. The molecule has 0 heterocycles. The standard InChI is InChI=1S/C24H38O/c1-3-5-7-8-20-10-12-21(13-11-20)14-15-22-16-18-23(19-17-22)24(25)9-6-4-2/h16-21H,3-15H2,1-2H3/t20-,21-. The van der Waals surface area contributed by atoms with Gasteiger partial charge in [0.15, 0.2) is 5.78 Å². The van der Waals surface area contributed by atoms with E-state index in [1.165, 1.54) is 69.8 Å². The Kier molecular flexibility index (Phi) is 9.29. The van der Waals surface area contributed by atoms with Crippen LogP contribution in [0.5, 0.6) is 0 Å². The molecular formula is C24H38O. The lowest BCUT2D eigenvalue weighted by atomic mass is 9.78. The number of ketones is 1. The molecule has 1 aromatic carbocycles. The predicted octanol–water partition coefficient (Wildman–Crippen LogP) is 7.38. The van der Waals surface area contributed by atoms with E-state index in [4.69, 9.17) is 0 Å². The first kappa shape index (κ1) is 20.2. The van der Waals surface area contributed by atoms with Crippen molar-refractivity contribution in [1.29, 1.82) is 0 Å². The zero-order valence-electron chi connectivity index (χ0n) is 16.6. The molecule has 1 aliphatic carbocycles. The minimum absolute atomic E-state index is 0.301. The first-order valence-corrected chi connectivity index (χ1v) is 10.8. The summed E-state index contributed by atoms with van der Waals surface area (Å²) >= 11 is 0. The van der Waals surface area contributed by atoms with Crippen molar-refractivity contribution in [3.63, 3.8) is 0 Å². The fraction of sp³-hybridized carbons (Fsp3) is 0.708. The molecule has 0 spiro atoms. The molecule has 1 heteroatoms. The van der Waals surface area contributed by atoms with Gasteiger partial charge in [-0.15, -0.1) is 0 Å². The lowest BCUT2D eigenvalue weighted by Crippen LogP contribution is -2.15. The average molecular weight is 343 g/mol. The maximum atomic E-state index is 12.0. The van der Waals surface area contributed by atoms with Crippen molar-refractivity contribution in [2.24, 2.45) is 11.8 Å². The topological polar surface area (TPSA) is 17.1 Å². The van der Waals surface area contributed by atoms with Gasteiger partial charge < -0.3 is 0 Å². The third-order valence-corrected chi connectivity index (χ3v) is 6.06. The van der Waals surface area contributed by atoms with E-state index in [9.17, 15) is 4.79 Å². The number of hydrogen-bond acceptors (Lipinski definition) is 1. The molecule has 0 saturated heterocycles. The van der Waals surface area contributed by atoms with Gasteiger partial charge >= 0.3 is 0 Å². The van der Waals surface area contributed by atoms with Crippen LogP contribution in [-0.2, 0) is 6.42 Å². The molecule has 0 radical (unpaired) electrons. The number of carbonyl (C=O) groups excluding carboxylic acids is 1. The Hall–Kier alpha value is -1.11. The summed E-state index contributed by atoms with van der Waals surface area (Å²) in [6, 6.07) is 8.43. The van der Waals surface area contributed by atoms with Crippen LogP contribution < -0.4 is 0 Å². The second-order valence-corrected chi connectivity index (χ2v) is 8.14. The van der Waals surface area contributed by atoms with Crippen LogP contribution in [0.1, 0.15) is 107 Å². The number of benzene rings is 1. The van der Waals surface area contributed by atoms with Crippen LogP contribution in [0.15, 0.2) is 24.3 Å². The summed E-state index contributed by atoms with van der Waals surface area (Å²) in [5, 5.41) is 0. The normalized spacial score (nSPS) is 20.6. The molecule has 0 bridgehead atoms. The number of Topliss-reactive ketones (excluding diaryl/α,β-unsaturated/α-hetero) is 1. The molecule has 1 nitrogen and oxygen atoms in total. The van der Waals surface area contributed by atoms with Crippen molar-refractivity contribution >= 4 is 5.78 Å². The third kappa shape index (κ3) is 7.34. The second-order valence-electron chi connectivity index (χ2n) is 8.14. The van der Waals surface area contributed by atoms with E-state index in [2.05, 4.69) is 26.0 Å². The molecule has 1 saturated carbocycles. The van der Waals surface area contributed by atoms with Crippen molar-refractivity contribution in [1.82, 2.24) is 0 Å². The molecule has 25 heavy (non-hydrogen) atoms.